The first-order chi connectivity index (χ1) is 9.18. The van der Waals surface area contributed by atoms with Gasteiger partial charge in [0.2, 0.25) is 5.91 Å². The van der Waals surface area contributed by atoms with E-state index >= 15 is 0 Å². The maximum atomic E-state index is 13.4. The first-order valence-corrected chi connectivity index (χ1v) is 6.83. The Balaban J connectivity index is 1.94. The lowest BCUT2D eigenvalue weighted by Crippen LogP contribution is -2.28. The number of nitrogens with zero attached hydrogens (tertiary/aromatic N) is 1. The fourth-order valence-corrected chi connectivity index (χ4v) is 2.46. The molecule has 3 nitrogen and oxygen atoms in total. The van der Waals surface area contributed by atoms with Gasteiger partial charge in [-0.25, -0.2) is 9.82 Å². The smallest absolute Gasteiger partial charge is 0.243 e. The van der Waals surface area contributed by atoms with E-state index in [1.54, 1.807) is 6.07 Å². The van der Waals surface area contributed by atoms with Gasteiger partial charge in [0.05, 0.1) is 11.2 Å². The van der Waals surface area contributed by atoms with Crippen LogP contribution < -0.4 is 5.43 Å². The average Bonchev–Trinajstić information content (AvgIpc) is 2.43. The molecule has 1 amide bonds. The van der Waals surface area contributed by atoms with Gasteiger partial charge in [0.1, 0.15) is 5.82 Å². The highest BCUT2D eigenvalue weighted by atomic mass is 35.5. The maximum absolute atomic E-state index is 13.4. The van der Waals surface area contributed by atoms with E-state index in [1.807, 2.05) is 0 Å². The van der Waals surface area contributed by atoms with Gasteiger partial charge >= 0.3 is 0 Å². The molecule has 1 saturated carbocycles. The molecule has 1 aromatic carbocycles. The lowest BCUT2D eigenvalue weighted by Gasteiger charge is -2.19. The molecular formula is C14H16ClFN2O. The van der Waals surface area contributed by atoms with Crippen molar-refractivity contribution in [3.8, 4) is 0 Å². The number of benzene rings is 1. The van der Waals surface area contributed by atoms with Gasteiger partial charge in [0, 0.05) is 11.5 Å². The summed E-state index contributed by atoms with van der Waals surface area (Å²) in [6, 6.07) is 4.40. The zero-order valence-corrected chi connectivity index (χ0v) is 11.3. The number of rotatable bonds is 3. The number of hydrogen-bond acceptors (Lipinski definition) is 2. The minimum absolute atomic E-state index is 0.0296. The maximum Gasteiger partial charge on any atom is 0.243 e. The largest absolute Gasteiger partial charge is 0.273 e. The summed E-state index contributed by atoms with van der Waals surface area (Å²) in [6.45, 7) is 0. The molecule has 1 aliphatic rings. The fourth-order valence-electron chi connectivity index (χ4n) is 2.25. The van der Waals surface area contributed by atoms with Crippen LogP contribution >= 0.6 is 11.6 Å². The molecule has 0 radical (unpaired) electrons. The van der Waals surface area contributed by atoms with E-state index in [0.717, 1.165) is 25.7 Å². The van der Waals surface area contributed by atoms with Gasteiger partial charge in [-0.15, -0.1) is 0 Å². The van der Waals surface area contributed by atoms with Gasteiger partial charge in [0.25, 0.3) is 0 Å². The van der Waals surface area contributed by atoms with Crippen molar-refractivity contribution in [2.45, 2.75) is 32.1 Å². The molecule has 0 atom stereocenters. The zero-order chi connectivity index (χ0) is 13.7. The van der Waals surface area contributed by atoms with E-state index in [-0.39, 0.29) is 22.4 Å². The molecule has 1 aromatic rings. The van der Waals surface area contributed by atoms with Gasteiger partial charge in [-0.1, -0.05) is 36.9 Å². The van der Waals surface area contributed by atoms with Crippen molar-refractivity contribution in [1.29, 1.82) is 0 Å². The van der Waals surface area contributed by atoms with Crippen LogP contribution in [0.15, 0.2) is 23.3 Å². The number of halogens is 2. The second-order valence-corrected chi connectivity index (χ2v) is 5.11. The van der Waals surface area contributed by atoms with Crippen LogP contribution in [0.25, 0.3) is 0 Å². The Labute approximate surface area is 116 Å². The molecule has 2 rings (SSSR count). The summed E-state index contributed by atoms with van der Waals surface area (Å²) in [4.78, 5) is 11.8. The molecule has 0 heterocycles. The Morgan fingerprint density at radius 3 is 2.79 bits per heavy atom. The van der Waals surface area contributed by atoms with Crippen LogP contribution in [0.1, 0.15) is 37.7 Å². The first-order valence-electron chi connectivity index (χ1n) is 6.45. The molecule has 102 valence electrons. The number of hydrogen-bond donors (Lipinski definition) is 1. The molecule has 19 heavy (non-hydrogen) atoms. The van der Waals surface area contributed by atoms with Crippen molar-refractivity contribution in [1.82, 2.24) is 5.43 Å². The van der Waals surface area contributed by atoms with Crippen LogP contribution in [0.5, 0.6) is 0 Å². The number of nitrogens with one attached hydrogen (secondary N) is 1. The molecule has 0 bridgehead atoms. The highest BCUT2D eigenvalue weighted by molar-refractivity contribution is 6.33. The van der Waals surface area contributed by atoms with Crippen LogP contribution in [0.2, 0.25) is 5.02 Å². The normalized spacial score (nSPS) is 16.7. The number of carbonyl (C=O) groups is 1. The van der Waals surface area contributed by atoms with E-state index in [1.165, 1.54) is 24.8 Å². The molecule has 0 aliphatic heterocycles. The molecule has 0 aromatic heterocycles. The summed E-state index contributed by atoms with van der Waals surface area (Å²) >= 11 is 5.85. The molecule has 1 fully saturated rings. The van der Waals surface area contributed by atoms with Gasteiger partial charge < -0.3 is 0 Å². The Morgan fingerprint density at radius 1 is 1.37 bits per heavy atom. The van der Waals surface area contributed by atoms with E-state index in [2.05, 4.69) is 10.5 Å². The second-order valence-electron chi connectivity index (χ2n) is 4.70. The highest BCUT2D eigenvalue weighted by Gasteiger charge is 2.20. The third-order valence-electron chi connectivity index (χ3n) is 3.34. The summed E-state index contributed by atoms with van der Waals surface area (Å²) in [5.74, 6) is -0.520. The first kappa shape index (κ1) is 14.0. The Morgan fingerprint density at radius 2 is 2.11 bits per heavy atom. The Hall–Kier alpha value is -1.42. The Kier molecular flexibility index (Phi) is 4.91. The van der Waals surface area contributed by atoms with Crippen LogP contribution in [0.3, 0.4) is 0 Å². The predicted molar refractivity (Wildman–Crippen MR) is 73.7 cm³/mol. The third-order valence-corrected chi connectivity index (χ3v) is 3.67. The average molecular weight is 283 g/mol. The highest BCUT2D eigenvalue weighted by Crippen LogP contribution is 2.23. The van der Waals surface area contributed by atoms with E-state index in [4.69, 9.17) is 11.6 Å². The molecule has 0 spiro atoms. The SMILES string of the molecule is O=C(N/N=C\c1c(F)cccc1Cl)C1CCCCC1. The molecule has 0 saturated heterocycles. The van der Waals surface area contributed by atoms with E-state index in [9.17, 15) is 9.18 Å². The fraction of sp³-hybridized carbons (Fsp3) is 0.429. The second kappa shape index (κ2) is 6.66. The number of hydrazone groups is 1. The minimum atomic E-state index is -0.455. The standard InChI is InChI=1S/C14H16ClFN2O/c15-12-7-4-8-13(16)11(12)9-17-18-14(19)10-5-2-1-3-6-10/h4,7-10H,1-3,5-6H2,(H,18,19)/b17-9-. The monoisotopic (exact) mass is 282 g/mol. The third kappa shape index (κ3) is 3.77. The summed E-state index contributed by atoms with van der Waals surface area (Å²) in [7, 11) is 0. The van der Waals surface area contributed by atoms with Gasteiger partial charge in [-0.2, -0.15) is 5.10 Å². The minimum Gasteiger partial charge on any atom is -0.273 e. The van der Waals surface area contributed by atoms with Crippen molar-refractivity contribution in [2.75, 3.05) is 0 Å². The van der Waals surface area contributed by atoms with E-state index in [0.29, 0.717) is 0 Å². The van der Waals surface area contributed by atoms with Crippen LogP contribution in [-0.4, -0.2) is 12.1 Å². The lowest BCUT2D eigenvalue weighted by molar-refractivity contribution is -0.125. The summed E-state index contributed by atoms with van der Waals surface area (Å²) in [5, 5.41) is 4.06. The number of amides is 1. The summed E-state index contributed by atoms with van der Waals surface area (Å²) < 4.78 is 13.4. The van der Waals surface area contributed by atoms with Gasteiger partial charge in [-0.3, -0.25) is 4.79 Å². The molecular weight excluding hydrogens is 267 g/mol. The molecule has 1 aliphatic carbocycles. The van der Waals surface area contributed by atoms with E-state index < -0.39 is 5.82 Å². The van der Waals surface area contributed by atoms with Crippen molar-refractivity contribution in [2.24, 2.45) is 11.0 Å². The quantitative estimate of drug-likeness (QED) is 0.669. The van der Waals surface area contributed by atoms with Crippen molar-refractivity contribution in [3.05, 3.63) is 34.6 Å². The zero-order valence-electron chi connectivity index (χ0n) is 10.5. The van der Waals surface area contributed by atoms with Crippen LogP contribution in [0.4, 0.5) is 4.39 Å². The van der Waals surface area contributed by atoms with Crippen molar-refractivity contribution >= 4 is 23.7 Å². The van der Waals surface area contributed by atoms with Crippen LogP contribution in [0, 0.1) is 11.7 Å². The van der Waals surface area contributed by atoms with Crippen LogP contribution in [-0.2, 0) is 4.79 Å². The Bertz CT molecular complexity index is 464. The van der Waals surface area contributed by atoms with Gasteiger partial charge in [0.15, 0.2) is 0 Å². The van der Waals surface area contributed by atoms with Crippen molar-refractivity contribution in [3.63, 3.8) is 0 Å². The topological polar surface area (TPSA) is 41.5 Å². The lowest BCUT2D eigenvalue weighted by atomic mass is 9.89. The number of carbonyl (C=O) groups excluding carboxylic acids is 1. The predicted octanol–water partition coefficient (Wildman–Crippen LogP) is 3.51. The molecule has 1 N–H and O–H groups in total. The van der Waals surface area contributed by atoms with Crippen molar-refractivity contribution < 1.29 is 9.18 Å². The summed E-state index contributed by atoms with van der Waals surface area (Å²) in [6.07, 6.45) is 6.42. The van der Waals surface area contributed by atoms with Gasteiger partial charge in [-0.05, 0) is 25.0 Å². The summed E-state index contributed by atoms with van der Waals surface area (Å²) in [5.41, 5.74) is 2.65. The molecule has 5 heteroatoms. The molecule has 0 unspecified atom stereocenters.